The summed E-state index contributed by atoms with van der Waals surface area (Å²) < 4.78 is 5.48. The number of nitrogens with one attached hydrogen (secondary N) is 1. The Balaban J connectivity index is 1.08. The standard InChI is InChI=1S/C26H35ClN6O2/c1-16(2)31-8-10-32(11-9-31)22-5-3-4-21(27)23(22)28-26(34)33-14-19-12-18(13-20(19)15-33)24-29-25(35-30-24)17-6-7-17/h3-5,16-20H,6-15H2,1-2H3,(H,28,34)/t18-,19+,20-. The highest BCUT2D eigenvalue weighted by Crippen LogP contribution is 2.47. The van der Waals surface area contributed by atoms with E-state index in [0.29, 0.717) is 34.7 Å². The van der Waals surface area contributed by atoms with Crippen LogP contribution in [0.15, 0.2) is 22.7 Å². The summed E-state index contributed by atoms with van der Waals surface area (Å²) in [7, 11) is 0. The van der Waals surface area contributed by atoms with Gasteiger partial charge in [-0.15, -0.1) is 0 Å². The maximum atomic E-state index is 13.3. The van der Waals surface area contributed by atoms with Gasteiger partial charge in [-0.2, -0.15) is 4.98 Å². The third kappa shape index (κ3) is 4.62. The number of hydrogen-bond donors (Lipinski definition) is 1. The molecule has 4 aliphatic rings. The first-order valence-corrected chi connectivity index (χ1v) is 13.5. The van der Waals surface area contributed by atoms with E-state index >= 15 is 0 Å². The summed E-state index contributed by atoms with van der Waals surface area (Å²) >= 11 is 6.60. The van der Waals surface area contributed by atoms with Crippen molar-refractivity contribution in [1.82, 2.24) is 19.9 Å². The molecule has 8 nitrogen and oxygen atoms in total. The summed E-state index contributed by atoms with van der Waals surface area (Å²) in [5.74, 6) is 3.51. The minimum absolute atomic E-state index is 0.0540. The van der Waals surface area contributed by atoms with Gasteiger partial charge < -0.3 is 19.6 Å². The van der Waals surface area contributed by atoms with Crippen molar-refractivity contribution in [2.75, 3.05) is 49.5 Å². The summed E-state index contributed by atoms with van der Waals surface area (Å²) in [6.07, 6.45) is 4.39. The molecule has 4 fully saturated rings. The number of piperazine rings is 1. The molecule has 1 N–H and O–H groups in total. The number of para-hydroxylation sites is 1. The van der Waals surface area contributed by atoms with E-state index in [-0.39, 0.29) is 6.03 Å². The third-order valence-electron chi connectivity index (χ3n) is 8.40. The van der Waals surface area contributed by atoms with Gasteiger partial charge in [-0.3, -0.25) is 4.90 Å². The Hall–Kier alpha value is -2.32. The zero-order valence-corrected chi connectivity index (χ0v) is 21.4. The number of hydrogen-bond acceptors (Lipinski definition) is 6. The molecular weight excluding hydrogens is 464 g/mol. The van der Waals surface area contributed by atoms with E-state index in [1.807, 2.05) is 17.0 Å². The topological polar surface area (TPSA) is 77.7 Å². The Labute approximate surface area is 212 Å². The molecule has 3 atom stereocenters. The average Bonchev–Trinajstić information content (AvgIpc) is 3.25. The molecule has 2 aliphatic heterocycles. The summed E-state index contributed by atoms with van der Waals surface area (Å²) in [6, 6.07) is 6.38. The molecule has 0 bridgehead atoms. The van der Waals surface area contributed by atoms with Crippen LogP contribution in [0.5, 0.6) is 0 Å². The number of carbonyl (C=O) groups excluding carboxylic acids is 1. The van der Waals surface area contributed by atoms with Crippen molar-refractivity contribution in [1.29, 1.82) is 0 Å². The van der Waals surface area contributed by atoms with Gasteiger partial charge in [0, 0.05) is 57.1 Å². The summed E-state index contributed by atoms with van der Waals surface area (Å²) in [5.41, 5.74) is 1.74. The van der Waals surface area contributed by atoms with Gasteiger partial charge in [0.1, 0.15) is 0 Å². The van der Waals surface area contributed by atoms with E-state index in [9.17, 15) is 4.79 Å². The monoisotopic (exact) mass is 498 g/mol. The maximum absolute atomic E-state index is 13.3. The molecule has 6 rings (SSSR count). The fourth-order valence-electron chi connectivity index (χ4n) is 6.15. The van der Waals surface area contributed by atoms with Crippen molar-refractivity contribution >= 4 is 29.0 Å². The number of likely N-dealkylation sites (tertiary alicyclic amines) is 1. The lowest BCUT2D eigenvalue weighted by atomic mass is 10.0. The Morgan fingerprint density at radius 3 is 2.46 bits per heavy atom. The van der Waals surface area contributed by atoms with Crippen molar-refractivity contribution in [3.8, 4) is 0 Å². The highest BCUT2D eigenvalue weighted by atomic mass is 35.5. The second kappa shape index (κ2) is 9.28. The molecule has 1 aromatic heterocycles. The number of nitrogens with zero attached hydrogens (tertiary/aromatic N) is 5. The van der Waals surface area contributed by atoms with E-state index in [0.717, 1.165) is 75.2 Å². The molecule has 2 saturated carbocycles. The van der Waals surface area contributed by atoms with Gasteiger partial charge in [-0.25, -0.2) is 4.79 Å². The number of amides is 2. The van der Waals surface area contributed by atoms with Crippen molar-refractivity contribution in [3.63, 3.8) is 0 Å². The molecule has 2 aliphatic carbocycles. The largest absolute Gasteiger partial charge is 0.367 e. The first-order valence-electron chi connectivity index (χ1n) is 13.1. The highest BCUT2D eigenvalue weighted by Gasteiger charge is 2.44. The fraction of sp³-hybridized carbons (Fsp3) is 0.654. The van der Waals surface area contributed by atoms with Crippen LogP contribution >= 0.6 is 11.6 Å². The summed E-state index contributed by atoms with van der Waals surface area (Å²) in [5, 5.41) is 8.03. The van der Waals surface area contributed by atoms with Gasteiger partial charge in [0.2, 0.25) is 5.89 Å². The van der Waals surface area contributed by atoms with Gasteiger partial charge in [-0.05, 0) is 63.5 Å². The number of rotatable bonds is 5. The Kier molecular flexibility index (Phi) is 6.13. The predicted molar refractivity (Wildman–Crippen MR) is 136 cm³/mol. The molecule has 2 saturated heterocycles. The van der Waals surface area contributed by atoms with Crippen molar-refractivity contribution < 1.29 is 9.32 Å². The second-order valence-electron chi connectivity index (χ2n) is 11.0. The molecule has 9 heteroatoms. The molecule has 0 spiro atoms. The zero-order chi connectivity index (χ0) is 24.1. The minimum Gasteiger partial charge on any atom is -0.367 e. The van der Waals surface area contributed by atoms with Crippen LogP contribution in [-0.4, -0.2) is 71.3 Å². The van der Waals surface area contributed by atoms with Crippen molar-refractivity contribution in [3.05, 3.63) is 34.9 Å². The van der Waals surface area contributed by atoms with Crippen LogP contribution in [0.4, 0.5) is 16.2 Å². The van der Waals surface area contributed by atoms with Gasteiger partial charge in [0.25, 0.3) is 0 Å². The van der Waals surface area contributed by atoms with Crippen LogP contribution in [0.2, 0.25) is 5.02 Å². The number of anilines is 2. The highest BCUT2D eigenvalue weighted by molar-refractivity contribution is 6.34. The maximum Gasteiger partial charge on any atom is 0.321 e. The SMILES string of the molecule is CC(C)N1CCN(c2cccc(Cl)c2NC(=O)N2C[C@H]3C[C@H](c4noc(C5CC5)n4)C[C@H]3C2)CC1. The van der Waals surface area contributed by atoms with Crippen LogP contribution < -0.4 is 10.2 Å². The number of fused-ring (bicyclic) bond motifs is 1. The lowest BCUT2D eigenvalue weighted by Crippen LogP contribution is -2.49. The minimum atomic E-state index is -0.0540. The van der Waals surface area contributed by atoms with E-state index < -0.39 is 0 Å². The number of benzene rings is 1. The molecule has 2 aromatic rings. The lowest BCUT2D eigenvalue weighted by molar-refractivity contribution is 0.209. The average molecular weight is 499 g/mol. The first kappa shape index (κ1) is 23.1. The molecule has 1 aromatic carbocycles. The quantitative estimate of drug-likeness (QED) is 0.638. The normalized spacial score (nSPS) is 27.0. The first-order chi connectivity index (χ1) is 17.0. The zero-order valence-electron chi connectivity index (χ0n) is 20.6. The molecule has 35 heavy (non-hydrogen) atoms. The number of carbonyl (C=O) groups is 1. The van der Waals surface area contributed by atoms with Crippen molar-refractivity contribution in [2.45, 2.75) is 57.4 Å². The van der Waals surface area contributed by atoms with E-state index in [1.165, 1.54) is 12.8 Å². The Morgan fingerprint density at radius 2 is 1.80 bits per heavy atom. The molecule has 0 radical (unpaired) electrons. The Bertz CT molecular complexity index is 1060. The summed E-state index contributed by atoms with van der Waals surface area (Å²) in [4.78, 5) is 24.8. The van der Waals surface area contributed by atoms with Gasteiger partial charge in [0.15, 0.2) is 5.82 Å². The number of aromatic nitrogens is 2. The fourth-order valence-corrected chi connectivity index (χ4v) is 6.37. The molecule has 188 valence electrons. The van der Waals surface area contributed by atoms with E-state index in [2.05, 4.69) is 45.2 Å². The van der Waals surface area contributed by atoms with E-state index in [4.69, 9.17) is 16.1 Å². The molecular formula is C26H35ClN6O2. The molecule has 0 unspecified atom stereocenters. The van der Waals surface area contributed by atoms with Crippen LogP contribution in [0.25, 0.3) is 0 Å². The molecule has 2 amide bonds. The van der Waals surface area contributed by atoms with Crippen molar-refractivity contribution in [2.24, 2.45) is 11.8 Å². The summed E-state index contributed by atoms with van der Waals surface area (Å²) in [6.45, 7) is 9.89. The van der Waals surface area contributed by atoms with Crippen LogP contribution in [0.3, 0.4) is 0 Å². The third-order valence-corrected chi connectivity index (χ3v) is 8.71. The van der Waals surface area contributed by atoms with E-state index in [1.54, 1.807) is 0 Å². The van der Waals surface area contributed by atoms with Gasteiger partial charge >= 0.3 is 6.03 Å². The second-order valence-corrected chi connectivity index (χ2v) is 11.4. The van der Waals surface area contributed by atoms with Gasteiger partial charge in [-0.1, -0.05) is 22.8 Å². The number of halogens is 1. The lowest BCUT2D eigenvalue weighted by Gasteiger charge is -2.39. The van der Waals surface area contributed by atoms with Gasteiger partial charge in [0.05, 0.1) is 16.4 Å². The van der Waals surface area contributed by atoms with Crippen LogP contribution in [0.1, 0.15) is 63.1 Å². The van der Waals surface area contributed by atoms with Crippen LogP contribution in [0, 0.1) is 11.8 Å². The smallest absolute Gasteiger partial charge is 0.321 e. The number of urea groups is 1. The Morgan fingerprint density at radius 1 is 1.09 bits per heavy atom. The predicted octanol–water partition coefficient (Wildman–Crippen LogP) is 4.79. The molecule has 3 heterocycles. The van der Waals surface area contributed by atoms with Crippen LogP contribution in [-0.2, 0) is 0 Å².